The standard InChI is InChI=1S/C57H67N5O3/c1-6-9-12-15-33-62(34-16-13-10-7-2)49-28-27-46(43(5)37-49)25-22-44-29-31-58-52(38-44)55-40-45(23-26-47-24-21-42(4)36-56(47)65-35-17-14-11-8-3)39-54(61-55)51-20-18-19-50(60-51)53-41-48(57(63)64)30-32-59-53/h18-32,36-41H,6-17,33-35H2,1-5H3,(H,63,64)/b25-22+,26-23+. The van der Waals surface area contributed by atoms with Crippen molar-refractivity contribution in [3.8, 4) is 39.9 Å². The molecule has 0 aliphatic carbocycles. The van der Waals surface area contributed by atoms with Gasteiger partial charge in [-0.25, -0.2) is 14.8 Å². The Balaban J connectivity index is 1.31. The predicted molar refractivity (Wildman–Crippen MR) is 271 cm³/mol. The Kier molecular flexibility index (Phi) is 18.6. The number of carbonyl (C=O) groups is 1. The molecule has 65 heavy (non-hydrogen) atoms. The summed E-state index contributed by atoms with van der Waals surface area (Å²) in [6.07, 6.45) is 26.5. The third kappa shape index (κ3) is 14.6. The van der Waals surface area contributed by atoms with Gasteiger partial charge in [0, 0.05) is 36.7 Å². The molecule has 0 unspecified atom stereocenters. The fourth-order valence-corrected chi connectivity index (χ4v) is 7.88. The number of nitrogens with zero attached hydrogens (tertiary/aromatic N) is 5. The monoisotopic (exact) mass is 870 g/mol. The van der Waals surface area contributed by atoms with Crippen LogP contribution in [0.3, 0.4) is 0 Å². The molecule has 6 aromatic rings. The third-order valence-corrected chi connectivity index (χ3v) is 11.7. The van der Waals surface area contributed by atoms with E-state index in [0.29, 0.717) is 35.1 Å². The van der Waals surface area contributed by atoms with E-state index in [1.165, 1.54) is 99.4 Å². The maximum atomic E-state index is 11.8. The summed E-state index contributed by atoms with van der Waals surface area (Å²) in [4.78, 5) is 33.7. The molecule has 0 bridgehead atoms. The zero-order valence-electron chi connectivity index (χ0n) is 39.2. The first-order valence-corrected chi connectivity index (χ1v) is 23.9. The van der Waals surface area contributed by atoms with Gasteiger partial charge in [-0.2, -0.15) is 0 Å². The van der Waals surface area contributed by atoms with Gasteiger partial charge in [-0.1, -0.05) is 127 Å². The lowest BCUT2D eigenvalue weighted by Gasteiger charge is -2.26. The molecule has 0 fully saturated rings. The maximum absolute atomic E-state index is 11.8. The van der Waals surface area contributed by atoms with Gasteiger partial charge in [0.15, 0.2) is 0 Å². The second kappa shape index (κ2) is 25.2. The van der Waals surface area contributed by atoms with Gasteiger partial charge < -0.3 is 14.7 Å². The Morgan fingerprint density at radius 1 is 0.569 bits per heavy atom. The van der Waals surface area contributed by atoms with E-state index in [4.69, 9.17) is 19.7 Å². The Bertz CT molecular complexity index is 2520. The molecule has 8 heteroatoms. The molecular formula is C57H67N5O3. The van der Waals surface area contributed by atoms with Crippen molar-refractivity contribution in [3.05, 3.63) is 142 Å². The summed E-state index contributed by atoms with van der Waals surface area (Å²) in [5.41, 5.74) is 11.7. The summed E-state index contributed by atoms with van der Waals surface area (Å²) in [7, 11) is 0. The van der Waals surface area contributed by atoms with E-state index in [2.05, 4.69) is 117 Å². The number of hydrogen-bond donors (Lipinski definition) is 1. The molecule has 0 amide bonds. The van der Waals surface area contributed by atoms with Crippen molar-refractivity contribution in [3.63, 3.8) is 0 Å². The van der Waals surface area contributed by atoms with Crippen LogP contribution < -0.4 is 9.64 Å². The zero-order chi connectivity index (χ0) is 45.8. The zero-order valence-corrected chi connectivity index (χ0v) is 39.2. The van der Waals surface area contributed by atoms with Gasteiger partial charge in [-0.05, 0) is 128 Å². The first-order chi connectivity index (χ1) is 31.7. The van der Waals surface area contributed by atoms with Gasteiger partial charge in [-0.15, -0.1) is 0 Å². The van der Waals surface area contributed by atoms with Crippen molar-refractivity contribution >= 4 is 36.0 Å². The molecular weight excluding hydrogens is 803 g/mol. The van der Waals surface area contributed by atoms with Crippen molar-refractivity contribution in [2.45, 2.75) is 112 Å². The Morgan fingerprint density at radius 3 is 1.85 bits per heavy atom. The molecule has 4 aromatic heterocycles. The van der Waals surface area contributed by atoms with Crippen LogP contribution in [0.25, 0.3) is 58.5 Å². The number of aryl methyl sites for hydroxylation is 2. The number of carboxylic acids is 1. The van der Waals surface area contributed by atoms with Crippen LogP contribution in [0.5, 0.6) is 5.75 Å². The van der Waals surface area contributed by atoms with Crippen molar-refractivity contribution in [1.29, 1.82) is 0 Å². The molecule has 1 N–H and O–H groups in total. The fraction of sp³-hybridized carbons (Fsp3) is 0.351. The molecule has 338 valence electrons. The van der Waals surface area contributed by atoms with Crippen molar-refractivity contribution < 1.29 is 14.6 Å². The Labute approximate surface area is 387 Å². The third-order valence-electron chi connectivity index (χ3n) is 11.7. The number of anilines is 1. The summed E-state index contributed by atoms with van der Waals surface area (Å²) in [6, 6.07) is 30.0. The van der Waals surface area contributed by atoms with Crippen LogP contribution in [-0.4, -0.2) is 50.7 Å². The number of benzene rings is 2. The van der Waals surface area contributed by atoms with E-state index in [9.17, 15) is 9.90 Å². The minimum Gasteiger partial charge on any atom is -0.493 e. The quantitative estimate of drug-likeness (QED) is 0.0568. The van der Waals surface area contributed by atoms with Gasteiger partial charge >= 0.3 is 5.97 Å². The molecule has 0 saturated heterocycles. The molecule has 2 aromatic carbocycles. The number of aromatic nitrogens is 4. The maximum Gasteiger partial charge on any atom is 0.335 e. The van der Waals surface area contributed by atoms with Crippen LogP contribution in [0.4, 0.5) is 5.69 Å². The summed E-state index contributed by atoms with van der Waals surface area (Å²) in [5, 5.41) is 9.64. The number of carboxylic acid groups (broad SMARTS) is 1. The van der Waals surface area contributed by atoms with Gasteiger partial charge in [0.1, 0.15) is 5.75 Å². The lowest BCUT2D eigenvalue weighted by molar-refractivity contribution is 0.0696. The minimum atomic E-state index is -1.02. The highest BCUT2D eigenvalue weighted by Gasteiger charge is 2.14. The first kappa shape index (κ1) is 48.1. The summed E-state index contributed by atoms with van der Waals surface area (Å²) in [6.45, 7) is 13.9. The van der Waals surface area contributed by atoms with E-state index < -0.39 is 5.97 Å². The van der Waals surface area contributed by atoms with Gasteiger partial charge in [-0.3, -0.25) is 9.97 Å². The summed E-state index contributed by atoms with van der Waals surface area (Å²) >= 11 is 0. The normalized spacial score (nSPS) is 11.5. The average Bonchev–Trinajstić information content (AvgIpc) is 3.33. The number of ether oxygens (including phenoxy) is 1. The molecule has 0 atom stereocenters. The van der Waals surface area contributed by atoms with Crippen LogP contribution in [0.2, 0.25) is 0 Å². The van der Waals surface area contributed by atoms with Gasteiger partial charge in [0.05, 0.1) is 46.3 Å². The number of aromatic carboxylic acids is 1. The van der Waals surface area contributed by atoms with Crippen LogP contribution in [0.15, 0.2) is 103 Å². The van der Waals surface area contributed by atoms with Gasteiger partial charge in [0.25, 0.3) is 0 Å². The van der Waals surface area contributed by atoms with E-state index in [1.807, 2.05) is 36.5 Å². The second-order valence-electron chi connectivity index (χ2n) is 17.1. The highest BCUT2D eigenvalue weighted by atomic mass is 16.5. The summed E-state index contributed by atoms with van der Waals surface area (Å²) < 4.78 is 6.32. The van der Waals surface area contributed by atoms with E-state index >= 15 is 0 Å². The second-order valence-corrected chi connectivity index (χ2v) is 17.1. The van der Waals surface area contributed by atoms with Crippen molar-refractivity contribution in [2.24, 2.45) is 0 Å². The SMILES string of the molecule is CCCCCCOc1cc(C)ccc1/C=C/c1cc(-c2cc(/C=C/c3ccc(N(CCCCCC)CCCCCC)cc3C)ccn2)nc(-c2cccc(-c3cc(C(=O)O)ccn3)n2)c1. The molecule has 0 aliphatic heterocycles. The average molecular weight is 870 g/mol. The first-order valence-electron chi connectivity index (χ1n) is 23.9. The lowest BCUT2D eigenvalue weighted by atomic mass is 10.0. The fourth-order valence-electron chi connectivity index (χ4n) is 7.88. The van der Waals surface area contributed by atoms with Crippen molar-refractivity contribution in [1.82, 2.24) is 19.9 Å². The lowest BCUT2D eigenvalue weighted by Crippen LogP contribution is -2.25. The highest BCUT2D eigenvalue weighted by molar-refractivity contribution is 5.88. The van der Waals surface area contributed by atoms with Crippen LogP contribution in [0, 0.1) is 13.8 Å². The van der Waals surface area contributed by atoms with Crippen LogP contribution in [-0.2, 0) is 0 Å². The van der Waals surface area contributed by atoms with E-state index in [0.717, 1.165) is 59.6 Å². The smallest absolute Gasteiger partial charge is 0.335 e. The highest BCUT2D eigenvalue weighted by Crippen LogP contribution is 2.29. The number of unbranched alkanes of at least 4 members (excludes halogenated alkanes) is 9. The number of hydrogen-bond acceptors (Lipinski definition) is 7. The van der Waals surface area contributed by atoms with Gasteiger partial charge in [0.2, 0.25) is 0 Å². The largest absolute Gasteiger partial charge is 0.493 e. The molecule has 0 radical (unpaired) electrons. The Morgan fingerprint density at radius 2 is 1.15 bits per heavy atom. The topological polar surface area (TPSA) is 101 Å². The molecule has 6 rings (SSSR count). The molecule has 0 saturated carbocycles. The molecule has 4 heterocycles. The van der Waals surface area contributed by atoms with Crippen LogP contribution >= 0.6 is 0 Å². The summed E-state index contributed by atoms with van der Waals surface area (Å²) in [5.74, 6) is -0.152. The van der Waals surface area contributed by atoms with Crippen LogP contribution in [0.1, 0.15) is 142 Å². The number of rotatable bonds is 25. The van der Waals surface area contributed by atoms with E-state index in [1.54, 1.807) is 0 Å². The molecule has 8 nitrogen and oxygen atoms in total. The van der Waals surface area contributed by atoms with Crippen molar-refractivity contribution in [2.75, 3.05) is 24.6 Å². The number of pyridine rings is 4. The minimum absolute atomic E-state index is 0.148. The molecule has 0 spiro atoms. The molecule has 0 aliphatic rings. The predicted octanol–water partition coefficient (Wildman–Crippen LogP) is 14.8. The Hall–Kier alpha value is -6.41. The van der Waals surface area contributed by atoms with E-state index in [-0.39, 0.29) is 5.56 Å².